The number of aromatic nitrogens is 3. The average molecular weight is 445 g/mol. The van der Waals surface area contributed by atoms with Gasteiger partial charge in [0.1, 0.15) is 12.9 Å². The van der Waals surface area contributed by atoms with Gasteiger partial charge in [0.2, 0.25) is 0 Å². The van der Waals surface area contributed by atoms with Gasteiger partial charge in [0, 0.05) is 6.20 Å². The van der Waals surface area contributed by atoms with Crippen molar-refractivity contribution in [3.8, 4) is 5.75 Å². The van der Waals surface area contributed by atoms with E-state index in [-0.39, 0.29) is 6.61 Å². The van der Waals surface area contributed by atoms with E-state index in [4.69, 9.17) is 4.84 Å². The van der Waals surface area contributed by atoms with Crippen molar-refractivity contribution in [1.29, 1.82) is 0 Å². The highest BCUT2D eigenvalue weighted by Crippen LogP contribution is 2.32. The Bertz CT molecular complexity index is 1270. The monoisotopic (exact) mass is 445 g/mol. The maximum atomic E-state index is 12.7. The number of carboxylic acid groups (broad SMARTS) is 1. The van der Waals surface area contributed by atoms with Crippen molar-refractivity contribution < 1.29 is 40.5 Å². The van der Waals surface area contributed by atoms with Crippen LogP contribution in [0.25, 0.3) is 11.0 Å². The van der Waals surface area contributed by atoms with E-state index in [0.29, 0.717) is 10.3 Å². The van der Waals surface area contributed by atoms with E-state index in [0.717, 1.165) is 12.5 Å². The molecule has 0 atom stereocenters. The predicted octanol–water partition coefficient (Wildman–Crippen LogP) is 1.35. The number of benzene rings is 1. The van der Waals surface area contributed by atoms with Gasteiger partial charge in [0.05, 0.1) is 5.39 Å². The van der Waals surface area contributed by atoms with Gasteiger partial charge >= 0.3 is 27.2 Å². The lowest BCUT2D eigenvalue weighted by atomic mass is 10.2. The van der Waals surface area contributed by atoms with E-state index < -0.39 is 49.5 Å². The first-order chi connectivity index (χ1) is 14.0. The van der Waals surface area contributed by atoms with Crippen LogP contribution in [0.2, 0.25) is 0 Å². The highest BCUT2D eigenvalue weighted by Gasteiger charge is 2.49. The fourth-order valence-corrected chi connectivity index (χ4v) is 2.83. The summed E-state index contributed by atoms with van der Waals surface area (Å²) in [5.41, 5.74) is -8.69. The van der Waals surface area contributed by atoms with E-state index >= 15 is 0 Å². The molecule has 10 nitrogen and oxygen atoms in total. The highest BCUT2D eigenvalue weighted by molar-refractivity contribution is 7.88. The molecule has 0 aliphatic carbocycles. The molecule has 0 unspecified atom stereocenters. The molecular formula is C16H10F3N3O7S. The number of aromatic carboxylic acids is 1. The Morgan fingerprint density at radius 2 is 1.87 bits per heavy atom. The summed E-state index contributed by atoms with van der Waals surface area (Å²) in [4.78, 5) is 36.7. The molecule has 0 aliphatic rings. The topological polar surface area (TPSA) is 138 Å². The number of fused-ring (bicyclic) bond motifs is 1. The number of hydrogen-bond donors (Lipinski definition) is 1. The van der Waals surface area contributed by atoms with Gasteiger partial charge in [0.15, 0.2) is 17.0 Å². The van der Waals surface area contributed by atoms with Crippen LogP contribution in [0, 0.1) is 0 Å². The average Bonchev–Trinajstić information content (AvgIpc) is 2.67. The van der Waals surface area contributed by atoms with E-state index in [1.54, 1.807) is 30.3 Å². The van der Waals surface area contributed by atoms with Crippen LogP contribution in [0.1, 0.15) is 15.9 Å². The van der Waals surface area contributed by atoms with Gasteiger partial charge in [-0.05, 0) is 5.56 Å². The molecule has 1 N–H and O–H groups in total. The third-order valence-corrected chi connectivity index (χ3v) is 4.60. The Balaban J connectivity index is 2.23. The van der Waals surface area contributed by atoms with Gasteiger partial charge in [-0.15, -0.1) is 4.73 Å². The summed E-state index contributed by atoms with van der Waals surface area (Å²) in [6.45, 7) is -0.236. The van der Waals surface area contributed by atoms with Crippen LogP contribution in [0.3, 0.4) is 0 Å². The number of carbonyl (C=O) groups is 1. The molecule has 0 bridgehead atoms. The molecule has 0 spiro atoms. The third-order valence-electron chi connectivity index (χ3n) is 3.65. The molecule has 0 aliphatic heterocycles. The van der Waals surface area contributed by atoms with Gasteiger partial charge in [-0.1, -0.05) is 30.3 Å². The molecule has 0 radical (unpaired) electrons. The normalized spacial score (nSPS) is 12.0. The van der Waals surface area contributed by atoms with E-state index in [2.05, 4.69) is 14.2 Å². The van der Waals surface area contributed by atoms with Crippen LogP contribution in [-0.4, -0.2) is 39.7 Å². The van der Waals surface area contributed by atoms with Crippen molar-refractivity contribution in [2.75, 3.05) is 0 Å². The summed E-state index contributed by atoms with van der Waals surface area (Å²) >= 11 is 0. The molecule has 0 fully saturated rings. The summed E-state index contributed by atoms with van der Waals surface area (Å²) in [7, 11) is -6.29. The zero-order chi connectivity index (χ0) is 22.1. The number of pyridine rings is 1. The van der Waals surface area contributed by atoms with Crippen molar-refractivity contribution in [2.24, 2.45) is 0 Å². The zero-order valence-corrected chi connectivity index (χ0v) is 15.3. The quantitative estimate of drug-likeness (QED) is 0.440. The zero-order valence-electron chi connectivity index (χ0n) is 14.5. The second kappa shape index (κ2) is 7.62. The first kappa shape index (κ1) is 21.0. The van der Waals surface area contributed by atoms with Crippen molar-refractivity contribution in [2.45, 2.75) is 12.1 Å². The smallest absolute Gasteiger partial charge is 0.477 e. The summed E-state index contributed by atoms with van der Waals surface area (Å²) in [6.07, 6.45) is 1.68. The predicted molar refractivity (Wildman–Crippen MR) is 93.1 cm³/mol. The van der Waals surface area contributed by atoms with Crippen LogP contribution >= 0.6 is 0 Å². The number of halogens is 3. The van der Waals surface area contributed by atoms with Gasteiger partial charge in [-0.3, -0.25) is 4.79 Å². The van der Waals surface area contributed by atoms with Gasteiger partial charge in [-0.25, -0.2) is 14.8 Å². The minimum atomic E-state index is -6.29. The molecule has 2 heterocycles. The van der Waals surface area contributed by atoms with Crippen LogP contribution < -0.4 is 14.6 Å². The Morgan fingerprint density at radius 3 is 2.47 bits per heavy atom. The van der Waals surface area contributed by atoms with Crippen LogP contribution in [0.4, 0.5) is 13.2 Å². The van der Waals surface area contributed by atoms with Crippen LogP contribution in [0.5, 0.6) is 5.75 Å². The third kappa shape index (κ3) is 3.89. The fraction of sp³-hybridized carbons (Fsp3) is 0.125. The number of rotatable bonds is 6. The van der Waals surface area contributed by atoms with Crippen LogP contribution in [0.15, 0.2) is 47.7 Å². The lowest BCUT2D eigenvalue weighted by molar-refractivity contribution is -0.0500. The van der Waals surface area contributed by atoms with Crippen LogP contribution in [-0.2, 0) is 16.7 Å². The molecule has 2 aromatic heterocycles. The summed E-state index contributed by atoms with van der Waals surface area (Å²) < 4.78 is 65.5. The molecule has 158 valence electrons. The maximum absolute atomic E-state index is 12.7. The SMILES string of the molecule is O=C(O)c1c(OS(=O)(=O)C(F)(F)F)c2cncnc2n(OCc2ccccc2)c1=O. The standard InChI is InChI=1S/C16H10F3N3O7S/c17-16(18,19)30(26,27)29-12-10-6-20-8-21-13(10)22(14(23)11(12)15(24)25)28-7-9-4-2-1-3-5-9/h1-6,8H,7H2,(H,24,25). The van der Waals surface area contributed by atoms with Gasteiger partial charge < -0.3 is 14.1 Å². The molecule has 1 aromatic carbocycles. The first-order valence-electron chi connectivity index (χ1n) is 7.83. The molecule has 30 heavy (non-hydrogen) atoms. The Kier molecular flexibility index (Phi) is 5.35. The first-order valence-corrected chi connectivity index (χ1v) is 9.23. The number of alkyl halides is 3. The molecule has 0 saturated carbocycles. The van der Waals surface area contributed by atoms with Gasteiger partial charge in [0.25, 0.3) is 0 Å². The molecule has 3 aromatic rings. The van der Waals surface area contributed by atoms with Crippen molar-refractivity contribution in [3.63, 3.8) is 0 Å². The summed E-state index contributed by atoms with van der Waals surface area (Å²) in [5, 5.41) is 8.75. The number of hydrogen-bond acceptors (Lipinski definition) is 8. The number of nitrogens with zero attached hydrogens (tertiary/aromatic N) is 3. The van der Waals surface area contributed by atoms with E-state index in [1.165, 1.54) is 0 Å². The second-order valence-corrected chi connectivity index (χ2v) is 7.15. The summed E-state index contributed by atoms with van der Waals surface area (Å²) in [5.74, 6) is -3.42. The summed E-state index contributed by atoms with van der Waals surface area (Å²) in [6, 6.07) is 8.32. The fourth-order valence-electron chi connectivity index (χ4n) is 2.34. The Labute approximate surface area is 165 Å². The van der Waals surface area contributed by atoms with Crippen molar-refractivity contribution in [1.82, 2.24) is 14.7 Å². The van der Waals surface area contributed by atoms with Crippen molar-refractivity contribution >= 4 is 27.1 Å². The highest BCUT2D eigenvalue weighted by atomic mass is 32.2. The molecule has 0 saturated heterocycles. The molecular weight excluding hydrogens is 435 g/mol. The lowest BCUT2D eigenvalue weighted by Crippen LogP contribution is -2.35. The van der Waals surface area contributed by atoms with E-state index in [9.17, 15) is 36.3 Å². The van der Waals surface area contributed by atoms with E-state index in [1.807, 2.05) is 0 Å². The van der Waals surface area contributed by atoms with Crippen molar-refractivity contribution in [3.05, 3.63) is 64.3 Å². The second-order valence-electron chi connectivity index (χ2n) is 5.61. The largest absolute Gasteiger partial charge is 0.534 e. The molecule has 0 amide bonds. The molecule has 3 rings (SSSR count). The minimum absolute atomic E-state index is 0.236. The van der Waals surface area contributed by atoms with Gasteiger partial charge in [-0.2, -0.15) is 21.6 Å². The number of carboxylic acids is 1. The molecule has 14 heteroatoms. The maximum Gasteiger partial charge on any atom is 0.534 e. The Hall–Kier alpha value is -3.68. The lowest BCUT2D eigenvalue weighted by Gasteiger charge is -2.16. The minimum Gasteiger partial charge on any atom is -0.477 e. The Morgan fingerprint density at radius 1 is 1.20 bits per heavy atom.